The molecule has 1 aliphatic rings. The van der Waals surface area contributed by atoms with Crippen LogP contribution in [0.4, 0.5) is 0 Å². The Labute approximate surface area is 224 Å². The van der Waals surface area contributed by atoms with E-state index in [2.05, 4.69) is 81.5 Å². The number of aliphatic hydroxyl groups is 1. The average Bonchev–Trinajstić information content (AvgIpc) is 3.32. The summed E-state index contributed by atoms with van der Waals surface area (Å²) in [6.45, 7) is 8.60. The van der Waals surface area contributed by atoms with Gasteiger partial charge in [-0.2, -0.15) is 0 Å². The smallest absolute Gasteiger partial charge is 0.328 e. The molecular weight excluding hydrogens is 476 g/mol. The van der Waals surface area contributed by atoms with Crippen molar-refractivity contribution in [3.63, 3.8) is 0 Å². The number of aliphatic hydroxyl groups excluding tert-OH is 1. The van der Waals surface area contributed by atoms with Gasteiger partial charge in [0.2, 0.25) is 0 Å². The summed E-state index contributed by atoms with van der Waals surface area (Å²) in [5.74, 6) is -0.391. The molecule has 3 rings (SSSR count). The first-order valence-electron chi connectivity index (χ1n) is 13.7. The molecule has 1 aliphatic carbocycles. The van der Waals surface area contributed by atoms with Gasteiger partial charge < -0.3 is 14.6 Å². The zero-order valence-corrected chi connectivity index (χ0v) is 23.8. The van der Waals surface area contributed by atoms with Gasteiger partial charge in [-0.25, -0.2) is 4.79 Å². The Balaban J connectivity index is 2.03. The van der Waals surface area contributed by atoms with Crippen LogP contribution in [-0.2, 0) is 9.22 Å². The zero-order valence-electron chi connectivity index (χ0n) is 22.8. The van der Waals surface area contributed by atoms with Crippen molar-refractivity contribution in [2.45, 2.75) is 83.5 Å². The van der Waals surface area contributed by atoms with Crippen LogP contribution < -0.4 is 10.4 Å². The quantitative estimate of drug-likeness (QED) is 0.154. The molecule has 1 saturated carbocycles. The molecule has 2 aromatic rings. The summed E-state index contributed by atoms with van der Waals surface area (Å²) in [4.78, 5) is 11.6. The van der Waals surface area contributed by atoms with Crippen LogP contribution in [0, 0.1) is 11.8 Å². The molecular formula is C32H44O4Si. The maximum Gasteiger partial charge on any atom is 0.328 e. The number of hydrogen-bond donors (Lipinski definition) is 2. The van der Waals surface area contributed by atoms with Gasteiger partial charge in [-0.05, 0) is 72.4 Å². The normalized spacial score (nSPS) is 20.5. The highest BCUT2D eigenvalue weighted by atomic mass is 28.4. The largest absolute Gasteiger partial charge is 0.478 e. The molecule has 1 fully saturated rings. The van der Waals surface area contributed by atoms with Crippen LogP contribution in [0.3, 0.4) is 0 Å². The number of allylic oxidation sites excluding steroid dienone is 2. The first-order valence-corrected chi connectivity index (χ1v) is 15.6. The summed E-state index contributed by atoms with van der Waals surface area (Å²) < 4.78 is 7.42. The van der Waals surface area contributed by atoms with E-state index in [0.29, 0.717) is 5.92 Å². The average molecular weight is 521 g/mol. The summed E-state index contributed by atoms with van der Waals surface area (Å²) in [5, 5.41) is 21.3. The summed E-state index contributed by atoms with van der Waals surface area (Å²) >= 11 is 0. The van der Waals surface area contributed by atoms with Gasteiger partial charge in [-0.3, -0.25) is 0 Å². The van der Waals surface area contributed by atoms with E-state index in [9.17, 15) is 15.0 Å². The van der Waals surface area contributed by atoms with Crippen LogP contribution in [0.5, 0.6) is 0 Å². The molecule has 0 spiro atoms. The summed E-state index contributed by atoms with van der Waals surface area (Å²) in [7, 11) is -2.83. The van der Waals surface area contributed by atoms with Crippen molar-refractivity contribution >= 4 is 24.7 Å². The van der Waals surface area contributed by atoms with E-state index in [1.54, 1.807) is 6.08 Å². The van der Waals surface area contributed by atoms with Crippen molar-refractivity contribution < 1.29 is 19.4 Å². The predicted molar refractivity (Wildman–Crippen MR) is 155 cm³/mol. The van der Waals surface area contributed by atoms with E-state index in [1.165, 1.54) is 16.4 Å². The van der Waals surface area contributed by atoms with Gasteiger partial charge in [0.1, 0.15) is 0 Å². The fraction of sp³-hybridized carbons (Fsp3) is 0.469. The number of aliphatic carboxylic acids is 1. The summed E-state index contributed by atoms with van der Waals surface area (Å²) in [5.41, 5.74) is 0. The molecule has 2 aromatic carbocycles. The third-order valence-electron chi connectivity index (χ3n) is 7.58. The van der Waals surface area contributed by atoms with Crippen molar-refractivity contribution in [1.82, 2.24) is 0 Å². The minimum atomic E-state index is -2.83. The summed E-state index contributed by atoms with van der Waals surface area (Å²) in [6.07, 6.45) is 13.0. The minimum Gasteiger partial charge on any atom is -0.478 e. The van der Waals surface area contributed by atoms with Crippen LogP contribution in [0.1, 0.15) is 66.2 Å². The number of carboxylic acid groups (broad SMARTS) is 1. The maximum absolute atomic E-state index is 11.6. The second kappa shape index (κ2) is 13.4. The number of carbonyl (C=O) groups is 1. The van der Waals surface area contributed by atoms with Crippen LogP contribution in [0.2, 0.25) is 5.04 Å². The highest BCUT2D eigenvalue weighted by Crippen LogP contribution is 2.42. The molecule has 5 heteroatoms. The molecule has 4 nitrogen and oxygen atoms in total. The fourth-order valence-electron chi connectivity index (χ4n) is 5.81. The first-order chi connectivity index (χ1) is 17.6. The number of unbranched alkanes of at least 4 members (excludes halogenated alkanes) is 1. The van der Waals surface area contributed by atoms with E-state index >= 15 is 0 Å². The molecule has 0 aromatic heterocycles. The molecule has 37 heavy (non-hydrogen) atoms. The molecule has 2 N–H and O–H groups in total. The van der Waals surface area contributed by atoms with Crippen LogP contribution in [0.25, 0.3) is 0 Å². The number of carboxylic acids is 1. The Morgan fingerprint density at radius 3 is 2.16 bits per heavy atom. The molecule has 0 aliphatic heterocycles. The van der Waals surface area contributed by atoms with Crippen LogP contribution in [-0.4, -0.2) is 36.7 Å². The number of hydrogen-bond acceptors (Lipinski definition) is 3. The van der Waals surface area contributed by atoms with Crippen molar-refractivity contribution in [3.8, 4) is 0 Å². The second-order valence-electron chi connectivity index (χ2n) is 11.4. The van der Waals surface area contributed by atoms with Gasteiger partial charge in [0.05, 0.1) is 12.2 Å². The lowest BCUT2D eigenvalue weighted by molar-refractivity contribution is -0.131. The van der Waals surface area contributed by atoms with Crippen molar-refractivity contribution in [1.29, 1.82) is 0 Å². The standard InChI is InChI=1S/C32H44O4Si/c1-25(33)15-8-5-9-16-26-17-14-22-29(26)30(23-24-31(34)35)36-37(32(2,3)4,27-18-10-6-11-19-27)28-20-12-7-13-21-28/h6-7,9-13,16,18-21,23-26,29-30,33H,5,8,14-15,17,22H2,1-4H3,(H,34,35)/b16-9+,24-23+/t25-,26+,29+,30+/m0/s1. The van der Waals surface area contributed by atoms with Gasteiger partial charge in [-0.1, -0.05) is 100 Å². The molecule has 0 unspecified atom stereocenters. The van der Waals surface area contributed by atoms with Gasteiger partial charge in [0.25, 0.3) is 8.32 Å². The van der Waals surface area contributed by atoms with Crippen LogP contribution in [0.15, 0.2) is 85.0 Å². The minimum absolute atomic E-state index is 0.185. The predicted octanol–water partition coefficient (Wildman–Crippen LogP) is 6.10. The Hall–Kier alpha value is -2.47. The highest BCUT2D eigenvalue weighted by Gasteiger charge is 2.52. The Bertz CT molecular complexity index is 984. The topological polar surface area (TPSA) is 66.8 Å². The Kier molecular flexibility index (Phi) is 10.5. The molecule has 200 valence electrons. The van der Waals surface area contributed by atoms with E-state index in [4.69, 9.17) is 4.43 Å². The lowest BCUT2D eigenvalue weighted by Gasteiger charge is -2.46. The van der Waals surface area contributed by atoms with Gasteiger partial charge in [0, 0.05) is 6.08 Å². The van der Waals surface area contributed by atoms with E-state index < -0.39 is 14.3 Å². The molecule has 4 atom stereocenters. The van der Waals surface area contributed by atoms with Crippen LogP contribution >= 0.6 is 0 Å². The zero-order chi connectivity index (χ0) is 26.9. The van der Waals surface area contributed by atoms with E-state index in [1.807, 2.05) is 19.1 Å². The molecule has 0 amide bonds. The highest BCUT2D eigenvalue weighted by molar-refractivity contribution is 6.99. The number of rotatable bonds is 12. The van der Waals surface area contributed by atoms with Crippen molar-refractivity contribution in [2.75, 3.05) is 0 Å². The van der Waals surface area contributed by atoms with Gasteiger partial charge in [-0.15, -0.1) is 0 Å². The Morgan fingerprint density at radius 2 is 1.65 bits per heavy atom. The molecule has 0 radical (unpaired) electrons. The van der Waals surface area contributed by atoms with Crippen molar-refractivity contribution in [2.24, 2.45) is 11.8 Å². The van der Waals surface area contributed by atoms with E-state index in [-0.39, 0.29) is 23.2 Å². The second-order valence-corrected chi connectivity index (χ2v) is 15.7. The fourth-order valence-corrected chi connectivity index (χ4v) is 10.5. The third-order valence-corrected chi connectivity index (χ3v) is 12.6. The summed E-state index contributed by atoms with van der Waals surface area (Å²) in [6, 6.07) is 21.1. The molecule has 0 bridgehead atoms. The first kappa shape index (κ1) is 29.1. The molecule has 0 heterocycles. The van der Waals surface area contributed by atoms with E-state index in [0.717, 1.165) is 38.5 Å². The Morgan fingerprint density at radius 1 is 1.05 bits per heavy atom. The van der Waals surface area contributed by atoms with Gasteiger partial charge in [0.15, 0.2) is 0 Å². The third kappa shape index (κ3) is 7.53. The lowest BCUT2D eigenvalue weighted by atomic mass is 9.89. The number of benzene rings is 2. The monoisotopic (exact) mass is 520 g/mol. The van der Waals surface area contributed by atoms with Crippen molar-refractivity contribution in [3.05, 3.63) is 85.0 Å². The lowest BCUT2D eigenvalue weighted by Crippen LogP contribution is -2.68. The SMILES string of the molecule is C[C@H](O)CCC/C=C/[C@@H]1CCC[C@H]1[C@@H](/C=C/C(=O)O)O[Si](c1ccccc1)(c1ccccc1)C(C)(C)C. The molecule has 0 saturated heterocycles. The maximum atomic E-state index is 11.6. The van der Waals surface area contributed by atoms with Gasteiger partial charge >= 0.3 is 5.97 Å².